The summed E-state index contributed by atoms with van der Waals surface area (Å²) in [5, 5.41) is 16.4. The third-order valence-electron chi connectivity index (χ3n) is 2.50. The first kappa shape index (κ1) is 11.1. The molecule has 1 aromatic carbocycles. The highest BCUT2D eigenvalue weighted by molar-refractivity contribution is 5.41. The van der Waals surface area contributed by atoms with Crippen molar-refractivity contribution >= 4 is 0 Å². The van der Waals surface area contributed by atoms with Crippen LogP contribution < -0.4 is 4.74 Å². The van der Waals surface area contributed by atoms with Gasteiger partial charge in [0.2, 0.25) is 0 Å². The van der Waals surface area contributed by atoms with Crippen molar-refractivity contribution in [1.82, 2.24) is 10.2 Å². The van der Waals surface area contributed by atoms with Crippen molar-refractivity contribution in [2.45, 2.75) is 13.8 Å². The van der Waals surface area contributed by atoms with Crippen LogP contribution in [0, 0.1) is 25.2 Å². The Labute approximate surface area is 99.5 Å². The van der Waals surface area contributed by atoms with Crippen LogP contribution in [0.15, 0.2) is 30.5 Å². The van der Waals surface area contributed by atoms with Gasteiger partial charge in [0.05, 0.1) is 6.20 Å². The average molecular weight is 225 g/mol. The molecule has 2 rings (SSSR count). The summed E-state index contributed by atoms with van der Waals surface area (Å²) in [6, 6.07) is 9.31. The molecular formula is C13H11N3O. The fourth-order valence-corrected chi connectivity index (χ4v) is 1.37. The van der Waals surface area contributed by atoms with Gasteiger partial charge in [-0.05, 0) is 43.2 Å². The normalized spacial score (nSPS) is 9.71. The molecule has 0 N–H and O–H groups in total. The minimum absolute atomic E-state index is 0.234. The molecule has 2 aromatic rings. The van der Waals surface area contributed by atoms with E-state index >= 15 is 0 Å². The molecule has 0 bridgehead atoms. The fraction of sp³-hybridized carbons (Fsp3) is 0.154. The van der Waals surface area contributed by atoms with Crippen LogP contribution in [0.4, 0.5) is 0 Å². The van der Waals surface area contributed by atoms with Gasteiger partial charge < -0.3 is 4.74 Å². The lowest BCUT2D eigenvalue weighted by Gasteiger charge is -2.07. The van der Waals surface area contributed by atoms with Crippen LogP contribution in [0.5, 0.6) is 11.6 Å². The summed E-state index contributed by atoms with van der Waals surface area (Å²) in [6.45, 7) is 4.03. The first-order chi connectivity index (χ1) is 8.20. The Morgan fingerprint density at radius 1 is 1.18 bits per heavy atom. The number of ether oxygens (including phenoxy) is 1. The highest BCUT2D eigenvalue weighted by atomic mass is 16.5. The number of nitrogens with zero attached hydrogens (tertiary/aromatic N) is 3. The minimum Gasteiger partial charge on any atom is -0.437 e. The molecule has 0 aliphatic rings. The Morgan fingerprint density at radius 2 is 2.00 bits per heavy atom. The van der Waals surface area contributed by atoms with Gasteiger partial charge in [-0.2, -0.15) is 10.4 Å². The standard InChI is InChI=1S/C13H11N3O/c1-9-3-4-12(7-10(9)2)17-13-11(8-14)5-6-15-16-13/h3-7H,1-2H3. The molecule has 0 aliphatic carbocycles. The van der Waals surface area contributed by atoms with Crippen LogP contribution in [-0.2, 0) is 0 Å². The summed E-state index contributed by atoms with van der Waals surface area (Å²) in [4.78, 5) is 0. The Hall–Kier alpha value is -2.41. The molecule has 0 fully saturated rings. The maximum absolute atomic E-state index is 8.90. The molecule has 0 saturated carbocycles. The van der Waals surface area contributed by atoms with E-state index in [1.165, 1.54) is 11.8 Å². The second kappa shape index (κ2) is 4.62. The lowest BCUT2D eigenvalue weighted by molar-refractivity contribution is 0.453. The maximum Gasteiger partial charge on any atom is 0.256 e. The number of hydrogen-bond acceptors (Lipinski definition) is 4. The van der Waals surface area contributed by atoms with Crippen LogP contribution >= 0.6 is 0 Å². The van der Waals surface area contributed by atoms with Crippen molar-refractivity contribution < 1.29 is 4.74 Å². The van der Waals surface area contributed by atoms with Gasteiger partial charge in [-0.25, -0.2) is 0 Å². The molecule has 0 saturated heterocycles. The molecule has 0 atom stereocenters. The Morgan fingerprint density at radius 3 is 2.71 bits per heavy atom. The Bertz CT molecular complexity index is 587. The van der Waals surface area contributed by atoms with Crippen molar-refractivity contribution in [1.29, 1.82) is 5.26 Å². The van der Waals surface area contributed by atoms with E-state index in [1.54, 1.807) is 6.07 Å². The molecular weight excluding hydrogens is 214 g/mol. The van der Waals surface area contributed by atoms with E-state index in [0.29, 0.717) is 11.3 Å². The van der Waals surface area contributed by atoms with Gasteiger partial charge in [-0.15, -0.1) is 5.10 Å². The Kier molecular flexibility index (Phi) is 3.01. The zero-order chi connectivity index (χ0) is 12.3. The maximum atomic E-state index is 8.90. The van der Waals surface area contributed by atoms with Gasteiger partial charge in [-0.3, -0.25) is 0 Å². The zero-order valence-corrected chi connectivity index (χ0v) is 9.64. The third kappa shape index (κ3) is 2.40. The molecule has 17 heavy (non-hydrogen) atoms. The number of rotatable bonds is 2. The summed E-state index contributed by atoms with van der Waals surface area (Å²) in [5.41, 5.74) is 2.69. The molecule has 0 radical (unpaired) electrons. The SMILES string of the molecule is Cc1ccc(Oc2nnccc2C#N)cc1C. The van der Waals surface area contributed by atoms with E-state index in [9.17, 15) is 0 Å². The van der Waals surface area contributed by atoms with Crippen LogP contribution in [-0.4, -0.2) is 10.2 Å². The summed E-state index contributed by atoms with van der Waals surface area (Å²) in [6.07, 6.45) is 1.46. The summed E-state index contributed by atoms with van der Waals surface area (Å²) in [7, 11) is 0. The van der Waals surface area contributed by atoms with Gasteiger partial charge in [0.1, 0.15) is 17.4 Å². The summed E-state index contributed by atoms with van der Waals surface area (Å²) < 4.78 is 5.54. The number of aryl methyl sites for hydroxylation is 2. The van der Waals surface area contributed by atoms with Crippen molar-refractivity contribution in [2.24, 2.45) is 0 Å². The quantitative estimate of drug-likeness (QED) is 0.788. The molecule has 0 aliphatic heterocycles. The van der Waals surface area contributed by atoms with Crippen LogP contribution in [0.25, 0.3) is 0 Å². The predicted molar refractivity (Wildman–Crippen MR) is 62.7 cm³/mol. The van der Waals surface area contributed by atoms with Crippen LogP contribution in [0.1, 0.15) is 16.7 Å². The first-order valence-corrected chi connectivity index (χ1v) is 5.17. The van der Waals surface area contributed by atoms with Gasteiger partial charge in [0.15, 0.2) is 0 Å². The average Bonchev–Trinajstić information content (AvgIpc) is 2.34. The highest BCUT2D eigenvalue weighted by Gasteiger charge is 2.06. The molecule has 1 heterocycles. The monoisotopic (exact) mass is 225 g/mol. The minimum atomic E-state index is 0.234. The summed E-state index contributed by atoms with van der Waals surface area (Å²) in [5.74, 6) is 0.892. The van der Waals surface area contributed by atoms with Crippen LogP contribution in [0.3, 0.4) is 0 Å². The number of hydrogen-bond donors (Lipinski definition) is 0. The number of nitriles is 1. The summed E-state index contributed by atoms with van der Waals surface area (Å²) >= 11 is 0. The van der Waals surface area contributed by atoms with Gasteiger partial charge in [0, 0.05) is 0 Å². The van der Waals surface area contributed by atoms with Crippen molar-refractivity contribution in [3.8, 4) is 17.7 Å². The van der Waals surface area contributed by atoms with E-state index in [1.807, 2.05) is 38.1 Å². The van der Waals surface area contributed by atoms with Gasteiger partial charge in [-0.1, -0.05) is 6.07 Å². The molecule has 1 aromatic heterocycles. The first-order valence-electron chi connectivity index (χ1n) is 5.17. The largest absolute Gasteiger partial charge is 0.437 e. The van der Waals surface area contributed by atoms with E-state index in [4.69, 9.17) is 10.00 Å². The number of benzene rings is 1. The van der Waals surface area contributed by atoms with Crippen molar-refractivity contribution in [2.75, 3.05) is 0 Å². The molecule has 0 unspecified atom stereocenters. The van der Waals surface area contributed by atoms with Gasteiger partial charge in [0.25, 0.3) is 5.88 Å². The molecule has 4 heteroatoms. The zero-order valence-electron chi connectivity index (χ0n) is 9.64. The van der Waals surface area contributed by atoms with Crippen molar-refractivity contribution in [3.05, 3.63) is 47.2 Å². The fourth-order valence-electron chi connectivity index (χ4n) is 1.37. The van der Waals surface area contributed by atoms with Crippen LogP contribution in [0.2, 0.25) is 0 Å². The topological polar surface area (TPSA) is 58.8 Å². The lowest BCUT2D eigenvalue weighted by atomic mass is 10.1. The Balaban J connectivity index is 2.32. The second-order valence-corrected chi connectivity index (χ2v) is 3.71. The third-order valence-corrected chi connectivity index (χ3v) is 2.50. The van der Waals surface area contributed by atoms with E-state index < -0.39 is 0 Å². The molecule has 4 nitrogen and oxygen atoms in total. The smallest absolute Gasteiger partial charge is 0.256 e. The molecule has 84 valence electrons. The van der Waals surface area contributed by atoms with E-state index in [2.05, 4.69) is 10.2 Å². The van der Waals surface area contributed by atoms with Crippen molar-refractivity contribution in [3.63, 3.8) is 0 Å². The van der Waals surface area contributed by atoms with Gasteiger partial charge >= 0.3 is 0 Å². The van der Waals surface area contributed by atoms with E-state index in [-0.39, 0.29) is 5.88 Å². The highest BCUT2D eigenvalue weighted by Crippen LogP contribution is 2.23. The lowest BCUT2D eigenvalue weighted by Crippen LogP contribution is -1.94. The predicted octanol–water partition coefficient (Wildman–Crippen LogP) is 2.76. The molecule has 0 spiro atoms. The molecule has 0 amide bonds. The second-order valence-electron chi connectivity index (χ2n) is 3.71. The number of aromatic nitrogens is 2. The van der Waals surface area contributed by atoms with E-state index in [0.717, 1.165) is 5.56 Å².